The van der Waals surface area contributed by atoms with Gasteiger partial charge < -0.3 is 14.2 Å². The summed E-state index contributed by atoms with van der Waals surface area (Å²) in [7, 11) is 2.49. The van der Waals surface area contributed by atoms with Gasteiger partial charge in [-0.25, -0.2) is 0 Å². The molecule has 0 heterocycles. The van der Waals surface area contributed by atoms with E-state index in [2.05, 4.69) is 6.58 Å². The number of methoxy groups -OCH3 is 2. The van der Waals surface area contributed by atoms with E-state index in [1.54, 1.807) is 13.0 Å². The quantitative estimate of drug-likeness (QED) is 0.336. The molecule has 0 aliphatic heterocycles. The molecule has 0 N–H and O–H groups in total. The first-order valence-corrected chi connectivity index (χ1v) is 8.19. The minimum absolute atomic E-state index is 0.363. The number of rotatable bonds is 4. The maximum atomic E-state index is 12.7. The van der Waals surface area contributed by atoms with Gasteiger partial charge in [0.25, 0.3) is 0 Å². The fourth-order valence-electron chi connectivity index (χ4n) is 3.94. The van der Waals surface area contributed by atoms with Gasteiger partial charge in [-0.05, 0) is 31.4 Å². The van der Waals surface area contributed by atoms with Crippen molar-refractivity contribution in [2.45, 2.75) is 32.8 Å². The second kappa shape index (κ2) is 7.25. The van der Waals surface area contributed by atoms with E-state index >= 15 is 0 Å². The topological polar surface area (TPSA) is 78.9 Å². The van der Waals surface area contributed by atoms with Gasteiger partial charge in [0.1, 0.15) is 6.10 Å². The predicted molar refractivity (Wildman–Crippen MR) is 90.3 cm³/mol. The molecule has 2 aliphatic rings. The van der Waals surface area contributed by atoms with Crippen LogP contribution in [-0.2, 0) is 28.6 Å². The lowest BCUT2D eigenvalue weighted by molar-refractivity contribution is -0.170. The molecule has 6 heteroatoms. The Hall–Kier alpha value is -2.37. The summed E-state index contributed by atoms with van der Waals surface area (Å²) in [5.74, 6) is -2.58. The van der Waals surface area contributed by atoms with Crippen molar-refractivity contribution in [1.82, 2.24) is 0 Å². The summed E-state index contributed by atoms with van der Waals surface area (Å²) in [5, 5.41) is 0. The zero-order chi connectivity index (χ0) is 18.8. The minimum Gasteiger partial charge on any atom is -0.468 e. The molecule has 0 radical (unpaired) electrons. The van der Waals surface area contributed by atoms with Crippen LogP contribution in [0.25, 0.3) is 0 Å². The van der Waals surface area contributed by atoms with E-state index in [0.717, 1.165) is 5.57 Å². The molecule has 0 saturated heterocycles. The van der Waals surface area contributed by atoms with Crippen LogP contribution in [0.1, 0.15) is 26.7 Å². The van der Waals surface area contributed by atoms with Crippen LogP contribution < -0.4 is 0 Å². The van der Waals surface area contributed by atoms with E-state index in [9.17, 15) is 14.4 Å². The van der Waals surface area contributed by atoms with Crippen molar-refractivity contribution < 1.29 is 28.6 Å². The highest BCUT2D eigenvalue weighted by Crippen LogP contribution is 2.53. The largest absolute Gasteiger partial charge is 0.468 e. The van der Waals surface area contributed by atoms with Crippen molar-refractivity contribution >= 4 is 17.9 Å². The molecule has 0 bridgehead atoms. The molecule has 6 nitrogen and oxygen atoms in total. The van der Waals surface area contributed by atoms with Crippen LogP contribution in [-0.4, -0.2) is 38.2 Å². The van der Waals surface area contributed by atoms with Gasteiger partial charge in [0.2, 0.25) is 0 Å². The third-order valence-corrected chi connectivity index (χ3v) is 4.93. The van der Waals surface area contributed by atoms with Crippen LogP contribution in [0.3, 0.4) is 0 Å². The SMILES string of the molecule is C=C(C)C1=CC(C(=O)OC)(C(=O)OC)[C@@H]2CCC=CC(OC(C)=O)[C@H]12. The Kier molecular flexibility index (Phi) is 5.50. The molecule has 25 heavy (non-hydrogen) atoms. The molecule has 0 aromatic heterocycles. The number of esters is 3. The van der Waals surface area contributed by atoms with Crippen molar-refractivity contribution in [3.8, 4) is 0 Å². The van der Waals surface area contributed by atoms with Gasteiger partial charge >= 0.3 is 17.9 Å². The van der Waals surface area contributed by atoms with Gasteiger partial charge in [0, 0.05) is 18.8 Å². The first-order chi connectivity index (χ1) is 11.8. The zero-order valence-electron chi connectivity index (χ0n) is 15.0. The normalized spacial score (nSPS) is 26.7. The molecule has 0 aromatic carbocycles. The van der Waals surface area contributed by atoms with E-state index in [1.807, 2.05) is 12.2 Å². The number of hydrogen-bond acceptors (Lipinski definition) is 6. The molecule has 0 saturated carbocycles. The van der Waals surface area contributed by atoms with Gasteiger partial charge in [-0.1, -0.05) is 24.3 Å². The molecule has 2 rings (SSSR count). The van der Waals surface area contributed by atoms with Crippen LogP contribution in [0.5, 0.6) is 0 Å². The molecule has 0 aromatic rings. The molecule has 136 valence electrons. The van der Waals surface area contributed by atoms with Gasteiger partial charge in [0.05, 0.1) is 14.2 Å². The average molecular weight is 348 g/mol. The van der Waals surface area contributed by atoms with Gasteiger partial charge in [0.15, 0.2) is 5.41 Å². The monoisotopic (exact) mass is 348 g/mol. The number of hydrogen-bond donors (Lipinski definition) is 0. The molecular formula is C19H24O6. The second-order valence-corrected chi connectivity index (χ2v) is 6.44. The lowest BCUT2D eigenvalue weighted by Gasteiger charge is -2.34. The summed E-state index contributed by atoms with van der Waals surface area (Å²) in [6.45, 7) is 7.10. The smallest absolute Gasteiger partial charge is 0.327 e. The standard InChI is InChI=1S/C19H24O6/c1-11(2)13-10-19(17(21)23-4,18(22)24-5)14-8-6-7-9-15(16(13)14)25-12(3)20/h7,9-10,14-16H,1,6,8H2,2-5H3/t14-,15?,16-/m1/s1. The Morgan fingerprint density at radius 2 is 1.76 bits per heavy atom. The molecule has 2 aliphatic carbocycles. The first-order valence-electron chi connectivity index (χ1n) is 8.19. The molecule has 0 fully saturated rings. The molecule has 3 atom stereocenters. The first kappa shape index (κ1) is 19.0. The summed E-state index contributed by atoms with van der Waals surface area (Å²) in [6, 6.07) is 0. The lowest BCUT2D eigenvalue weighted by atomic mass is 9.71. The van der Waals surface area contributed by atoms with Crippen LogP contribution in [0.15, 0.2) is 36.0 Å². The van der Waals surface area contributed by atoms with Crippen LogP contribution in [0.2, 0.25) is 0 Å². The Morgan fingerprint density at radius 3 is 2.24 bits per heavy atom. The second-order valence-electron chi connectivity index (χ2n) is 6.44. The summed E-state index contributed by atoms with van der Waals surface area (Å²) in [5.41, 5.74) is -0.136. The highest BCUT2D eigenvalue weighted by Gasteiger charge is 2.61. The lowest BCUT2D eigenvalue weighted by Crippen LogP contribution is -2.47. The Morgan fingerprint density at radius 1 is 1.16 bits per heavy atom. The summed E-state index contributed by atoms with van der Waals surface area (Å²) < 4.78 is 15.4. The fraction of sp³-hybridized carbons (Fsp3) is 0.526. The van der Waals surface area contributed by atoms with Gasteiger partial charge in [-0.15, -0.1) is 0 Å². The minimum atomic E-state index is -1.56. The summed E-state index contributed by atoms with van der Waals surface area (Å²) in [4.78, 5) is 36.9. The Bertz CT molecular complexity index is 641. The highest BCUT2D eigenvalue weighted by atomic mass is 16.6. The maximum Gasteiger partial charge on any atom is 0.327 e. The number of fused-ring (bicyclic) bond motifs is 1. The third-order valence-electron chi connectivity index (χ3n) is 4.93. The van der Waals surface area contributed by atoms with Gasteiger partial charge in [-0.3, -0.25) is 14.4 Å². The number of allylic oxidation sites excluding steroid dienone is 2. The third kappa shape index (κ3) is 3.13. The van der Waals surface area contributed by atoms with E-state index in [4.69, 9.17) is 14.2 Å². The highest BCUT2D eigenvalue weighted by molar-refractivity contribution is 6.04. The predicted octanol–water partition coefficient (Wildman–Crippen LogP) is 2.35. The summed E-state index contributed by atoms with van der Waals surface area (Å²) >= 11 is 0. The van der Waals surface area contributed by atoms with Crippen molar-refractivity contribution in [3.63, 3.8) is 0 Å². The van der Waals surface area contributed by atoms with E-state index in [0.29, 0.717) is 18.4 Å². The van der Waals surface area contributed by atoms with E-state index in [-0.39, 0.29) is 5.92 Å². The van der Waals surface area contributed by atoms with Gasteiger partial charge in [-0.2, -0.15) is 0 Å². The van der Waals surface area contributed by atoms with Crippen LogP contribution >= 0.6 is 0 Å². The molecule has 0 spiro atoms. The van der Waals surface area contributed by atoms with Crippen molar-refractivity contribution in [2.75, 3.05) is 14.2 Å². The van der Waals surface area contributed by atoms with E-state index in [1.165, 1.54) is 21.1 Å². The number of ether oxygens (including phenoxy) is 3. The van der Waals surface area contributed by atoms with Crippen LogP contribution in [0.4, 0.5) is 0 Å². The number of carbonyl (C=O) groups excluding carboxylic acids is 3. The average Bonchev–Trinajstić information content (AvgIpc) is 2.79. The van der Waals surface area contributed by atoms with Crippen molar-refractivity contribution in [2.24, 2.45) is 17.3 Å². The summed E-state index contributed by atoms with van der Waals surface area (Å²) in [6.07, 6.45) is 5.93. The molecule has 0 amide bonds. The Labute approximate surface area is 147 Å². The Balaban J connectivity index is 2.65. The fourth-order valence-corrected chi connectivity index (χ4v) is 3.94. The van der Waals surface area contributed by atoms with Crippen LogP contribution in [0, 0.1) is 17.3 Å². The van der Waals surface area contributed by atoms with Crippen molar-refractivity contribution in [1.29, 1.82) is 0 Å². The molecule has 1 unspecified atom stereocenters. The molecular weight excluding hydrogens is 324 g/mol. The maximum absolute atomic E-state index is 12.7. The zero-order valence-corrected chi connectivity index (χ0v) is 15.0. The van der Waals surface area contributed by atoms with E-state index < -0.39 is 35.3 Å². The van der Waals surface area contributed by atoms with Crippen molar-refractivity contribution in [3.05, 3.63) is 36.0 Å². The number of carbonyl (C=O) groups is 3.